The second-order valence-corrected chi connectivity index (χ2v) is 18.1. The van der Waals surface area contributed by atoms with Crippen molar-refractivity contribution < 1.29 is 19.5 Å². The number of fused-ring (bicyclic) bond motifs is 2. The van der Waals surface area contributed by atoms with E-state index in [0.29, 0.717) is 0 Å². The number of pyridine rings is 4. The van der Waals surface area contributed by atoms with Crippen LogP contribution in [-0.4, -0.2) is 30.3 Å². The number of hydrogen-bond acceptors (Lipinski definition) is 8. The van der Waals surface area contributed by atoms with Gasteiger partial charge in [0.05, 0.1) is 34.2 Å². The largest absolute Gasteiger partial charge is 2.00 e. The molecule has 4 heterocycles. The summed E-state index contributed by atoms with van der Waals surface area (Å²) < 4.78 is 0. The first-order valence-electron chi connectivity index (χ1n) is 25.5. The van der Waals surface area contributed by atoms with E-state index in [0.717, 1.165) is 79.2 Å². The summed E-state index contributed by atoms with van der Waals surface area (Å²) in [5.74, 6) is 0. The molecule has 8 nitrogen and oxygen atoms in total. The normalized spacial score (nSPS) is 10.4. The molecule has 0 unspecified atom stereocenters. The molecule has 0 amide bonds. The van der Waals surface area contributed by atoms with E-state index in [1.54, 1.807) is 12.4 Å². The van der Waals surface area contributed by atoms with Crippen molar-refractivity contribution in [2.75, 3.05) is 9.80 Å². The zero-order chi connectivity index (χ0) is 55.1. The molecular weight excluding hydrogens is 1120 g/mol. The summed E-state index contributed by atoms with van der Waals surface area (Å²) in [6.45, 7) is 0. The molecule has 12 rings (SSSR count). The van der Waals surface area contributed by atoms with Gasteiger partial charge in [0.25, 0.3) is 0 Å². The maximum atomic E-state index is 7.13. The number of anilines is 6. The van der Waals surface area contributed by atoms with Crippen molar-refractivity contribution in [3.05, 3.63) is 313 Å². The smallest absolute Gasteiger partial charge is 0.753 e. The Morgan fingerprint density at radius 2 is 0.630 bits per heavy atom. The Bertz CT molecular complexity index is 3780. The van der Waals surface area contributed by atoms with Gasteiger partial charge >= 0.3 is 19.5 Å². The van der Waals surface area contributed by atoms with Gasteiger partial charge in [-0.05, 0) is 142 Å². The van der Waals surface area contributed by atoms with Crippen LogP contribution in [0.25, 0.3) is 79.4 Å². The predicted molar refractivity (Wildman–Crippen MR) is 342 cm³/mol. The molecule has 0 radical (unpaired) electrons. The second kappa shape index (κ2) is 29.8. The molecule has 4 aromatic heterocycles. The minimum absolute atomic E-state index is 0. The summed E-state index contributed by atoms with van der Waals surface area (Å²) in [4.78, 5) is 22.4. The third-order valence-corrected chi connectivity index (χ3v) is 12.7. The Morgan fingerprint density at radius 1 is 0.309 bits per heavy atom. The van der Waals surface area contributed by atoms with Crippen molar-refractivity contribution in [3.8, 4) is 22.8 Å². The number of isothiocyanates is 2. The van der Waals surface area contributed by atoms with Crippen LogP contribution in [0.3, 0.4) is 0 Å². The van der Waals surface area contributed by atoms with Gasteiger partial charge < -0.3 is 20.6 Å². The first kappa shape index (κ1) is 57.4. The first-order chi connectivity index (χ1) is 39.5. The van der Waals surface area contributed by atoms with Gasteiger partial charge in [-0.25, -0.2) is 0 Å². The minimum Gasteiger partial charge on any atom is -0.753 e. The van der Waals surface area contributed by atoms with Crippen molar-refractivity contribution in [3.63, 3.8) is 0 Å². The molecule has 0 fully saturated rings. The van der Waals surface area contributed by atoms with E-state index < -0.39 is 0 Å². The molecule has 0 saturated carbocycles. The summed E-state index contributed by atoms with van der Waals surface area (Å²) in [6.07, 6.45) is 15.8. The molecule has 8 aromatic carbocycles. The molecule has 0 aliphatic heterocycles. The molecule has 0 aliphatic rings. The Kier molecular flexibility index (Phi) is 21.1. The van der Waals surface area contributed by atoms with Gasteiger partial charge in [0, 0.05) is 58.3 Å². The van der Waals surface area contributed by atoms with Gasteiger partial charge in [0.15, 0.2) is 0 Å². The first-order valence-corrected chi connectivity index (χ1v) is 26.3. The fourth-order valence-electron chi connectivity index (χ4n) is 9.08. The molecule has 11 heteroatoms. The monoisotopic (exact) mass is 1170 g/mol. The summed E-state index contributed by atoms with van der Waals surface area (Å²) in [5, 5.41) is 21.8. The number of nitrogens with zero attached hydrogens (tertiary/aromatic N) is 8. The average molecular weight is 1170 g/mol. The molecule has 0 atom stereocenters. The van der Waals surface area contributed by atoms with Crippen LogP contribution in [-0.2, 0) is 19.5 Å². The van der Waals surface area contributed by atoms with E-state index in [1.165, 1.54) is 31.9 Å². The number of thiocarbonyl (C=S) groups is 2. The van der Waals surface area contributed by atoms with Crippen LogP contribution in [0, 0.1) is 0 Å². The van der Waals surface area contributed by atoms with Gasteiger partial charge in [-0.15, -0.1) is 0 Å². The van der Waals surface area contributed by atoms with Gasteiger partial charge in [0.2, 0.25) is 0 Å². The van der Waals surface area contributed by atoms with Crippen LogP contribution < -0.4 is 9.80 Å². The van der Waals surface area contributed by atoms with Crippen molar-refractivity contribution in [1.82, 2.24) is 19.9 Å². The average Bonchev–Trinajstić information content (AvgIpc) is 3.54. The quantitative estimate of drug-likeness (QED) is 0.0677. The van der Waals surface area contributed by atoms with Crippen molar-refractivity contribution in [2.24, 2.45) is 0 Å². The number of benzene rings is 8. The predicted octanol–water partition coefficient (Wildman–Crippen LogP) is 19.2. The summed E-state index contributed by atoms with van der Waals surface area (Å²) >= 11 is 7.40. The Balaban J connectivity index is 0.000000389. The Hall–Kier alpha value is -9.82. The van der Waals surface area contributed by atoms with Gasteiger partial charge in [-0.3, -0.25) is 19.9 Å². The SMILES string of the molecule is C(=C\c1ccnc(-c2cc(/C=C/c3ccc(N(c4ccccc4)c4cccc5ccccc45)cc3)ccn2)c1)/c1ccc(N(c2ccccc2)c2cccc3ccccc23)cc1.[N-]=C=S.[N-]=C=S.[Ru+2].c1ccc(-c2ccccn2)nc1. The minimum atomic E-state index is 0. The summed E-state index contributed by atoms with van der Waals surface area (Å²) in [7, 11) is 0. The Morgan fingerprint density at radius 3 is 1.01 bits per heavy atom. The molecule has 390 valence electrons. The zero-order valence-electron chi connectivity index (χ0n) is 43.6. The summed E-state index contributed by atoms with van der Waals surface area (Å²) in [6, 6.07) is 88.4. The van der Waals surface area contributed by atoms with Crippen molar-refractivity contribution >= 4 is 115 Å². The third-order valence-electron chi connectivity index (χ3n) is 12.7. The fourth-order valence-corrected chi connectivity index (χ4v) is 9.08. The van der Waals surface area contributed by atoms with E-state index in [-0.39, 0.29) is 19.5 Å². The second-order valence-electron chi connectivity index (χ2n) is 17.7. The van der Waals surface area contributed by atoms with E-state index in [9.17, 15) is 0 Å². The molecule has 12 aromatic rings. The molecule has 81 heavy (non-hydrogen) atoms. The Labute approximate surface area is 496 Å². The van der Waals surface area contributed by atoms with Crippen molar-refractivity contribution in [2.45, 2.75) is 0 Å². The van der Waals surface area contributed by atoms with Gasteiger partial charge in [-0.2, -0.15) is 10.3 Å². The number of para-hydroxylation sites is 2. The maximum absolute atomic E-state index is 7.13. The van der Waals surface area contributed by atoms with Gasteiger partial charge in [-0.1, -0.05) is 194 Å². The van der Waals surface area contributed by atoms with E-state index in [4.69, 9.17) is 20.8 Å². The fraction of sp³-hybridized carbons (Fsp3) is 0. The summed E-state index contributed by atoms with van der Waals surface area (Å²) in [5.41, 5.74) is 14.5. The van der Waals surface area contributed by atoms with E-state index in [2.05, 4.69) is 275 Å². The van der Waals surface area contributed by atoms with Crippen LogP contribution in [0.5, 0.6) is 0 Å². The van der Waals surface area contributed by atoms with Crippen LogP contribution in [0.1, 0.15) is 22.3 Å². The zero-order valence-corrected chi connectivity index (χ0v) is 47.0. The number of aromatic nitrogens is 4. The molecular formula is C70H50N8RuS2. The van der Waals surface area contributed by atoms with E-state index >= 15 is 0 Å². The van der Waals surface area contributed by atoms with E-state index in [1.807, 2.05) is 60.9 Å². The van der Waals surface area contributed by atoms with Crippen LogP contribution >= 0.6 is 24.4 Å². The van der Waals surface area contributed by atoms with Crippen LogP contribution in [0.4, 0.5) is 34.1 Å². The molecule has 0 aliphatic carbocycles. The molecule has 0 N–H and O–H groups in total. The van der Waals surface area contributed by atoms with Crippen LogP contribution in [0.2, 0.25) is 0 Å². The van der Waals surface area contributed by atoms with Gasteiger partial charge in [0.1, 0.15) is 0 Å². The number of hydrogen-bond donors (Lipinski definition) is 0. The number of rotatable bonds is 12. The topological polar surface area (TPSA) is 103 Å². The molecule has 0 saturated heterocycles. The maximum Gasteiger partial charge on any atom is 2.00 e. The van der Waals surface area contributed by atoms with Crippen LogP contribution in [0.15, 0.2) is 280 Å². The molecule has 0 spiro atoms. The standard InChI is InChI=1S/C58H42N4.C10H8N2.2CNS.Ru/c1-3-17-49(18-4-1)61(57-23-11-15-47-13-7-9-21-53(47)57)51-33-29-43(30-34-51)25-27-45-37-39-59-55(41-45)56-42-46(38-40-60-56)28-26-44-31-35-52(36-32-44)62(50-19-5-2-6-20-50)58-24-12-16-48-14-8-10-22-54(48)58;1-3-7-11-9(5-1)10-6-2-4-8-12-10;2*2-1-3;/h1-42H;1-8H;;;/q;;2*-1;+2/b27-25+,28-26+;;;;. The third kappa shape index (κ3) is 15.3. The molecule has 0 bridgehead atoms. The van der Waals surface area contributed by atoms with Crippen molar-refractivity contribution in [1.29, 1.82) is 0 Å².